The lowest BCUT2D eigenvalue weighted by molar-refractivity contribution is 0.0914. The summed E-state index contributed by atoms with van der Waals surface area (Å²) in [7, 11) is 3.91. The van der Waals surface area contributed by atoms with E-state index in [-0.39, 0.29) is 29.6 Å². The van der Waals surface area contributed by atoms with Gasteiger partial charge in [-0.1, -0.05) is 46.3 Å². The molecular weight excluding hydrogens is 432 g/mol. The highest BCUT2D eigenvalue weighted by molar-refractivity contribution is 9.10. The van der Waals surface area contributed by atoms with Crippen molar-refractivity contribution >= 4 is 45.2 Å². The number of hydrogen-bond acceptors (Lipinski definition) is 4. The number of carbonyl (C=O) groups is 1. The molecule has 3 rings (SSSR count). The molecule has 1 amide bonds. The smallest absolute Gasteiger partial charge is 0.287 e. The van der Waals surface area contributed by atoms with E-state index in [1.807, 2.05) is 49.3 Å². The van der Waals surface area contributed by atoms with E-state index in [9.17, 15) is 9.59 Å². The maximum atomic E-state index is 12.5. The molecule has 0 saturated heterocycles. The van der Waals surface area contributed by atoms with Crippen LogP contribution in [0.5, 0.6) is 0 Å². The highest BCUT2D eigenvalue weighted by atomic mass is 79.9. The zero-order valence-corrected chi connectivity index (χ0v) is 17.3. The van der Waals surface area contributed by atoms with Crippen molar-refractivity contribution in [3.05, 3.63) is 80.6 Å². The van der Waals surface area contributed by atoms with Crippen LogP contribution in [0.25, 0.3) is 11.0 Å². The molecule has 0 spiro atoms. The van der Waals surface area contributed by atoms with Crippen molar-refractivity contribution in [2.24, 2.45) is 0 Å². The van der Waals surface area contributed by atoms with Crippen LogP contribution in [0, 0.1) is 0 Å². The lowest BCUT2D eigenvalue weighted by Crippen LogP contribution is -2.34. The van der Waals surface area contributed by atoms with Crippen LogP contribution in [-0.2, 0) is 0 Å². The van der Waals surface area contributed by atoms with Gasteiger partial charge in [0.25, 0.3) is 5.91 Å². The Labute approximate surface area is 171 Å². The molecule has 3 aromatic rings. The van der Waals surface area contributed by atoms with Gasteiger partial charge in [-0.3, -0.25) is 9.59 Å². The third-order valence-electron chi connectivity index (χ3n) is 4.18. The average molecular weight is 452 g/mol. The van der Waals surface area contributed by atoms with Gasteiger partial charge in [-0.15, -0.1) is 12.4 Å². The molecule has 1 N–H and O–H groups in total. The fraction of sp³-hybridized carbons (Fsp3) is 0.200. The maximum Gasteiger partial charge on any atom is 0.287 e. The Morgan fingerprint density at radius 2 is 1.85 bits per heavy atom. The molecule has 0 aliphatic rings. The number of halogens is 2. The van der Waals surface area contributed by atoms with Crippen molar-refractivity contribution in [3.63, 3.8) is 0 Å². The Bertz CT molecular complexity index is 989. The van der Waals surface area contributed by atoms with Crippen LogP contribution in [0.1, 0.15) is 22.2 Å². The summed E-state index contributed by atoms with van der Waals surface area (Å²) in [5.74, 6) is -0.405. The third-order valence-corrected chi connectivity index (χ3v) is 4.67. The maximum absolute atomic E-state index is 12.5. The number of hydrogen-bond donors (Lipinski definition) is 1. The number of fused-ring (bicyclic) bond motifs is 1. The van der Waals surface area contributed by atoms with Crippen LogP contribution in [0.15, 0.2) is 68.3 Å². The fourth-order valence-electron chi connectivity index (χ4n) is 2.79. The molecule has 0 radical (unpaired) electrons. The molecule has 1 unspecified atom stereocenters. The van der Waals surface area contributed by atoms with Gasteiger partial charge in [-0.2, -0.15) is 0 Å². The minimum absolute atomic E-state index is 0. The largest absolute Gasteiger partial charge is 0.451 e. The molecule has 27 heavy (non-hydrogen) atoms. The summed E-state index contributed by atoms with van der Waals surface area (Å²) >= 11 is 3.34. The van der Waals surface area contributed by atoms with Gasteiger partial charge in [-0.05, 0) is 37.9 Å². The molecule has 1 heterocycles. The Morgan fingerprint density at radius 3 is 2.52 bits per heavy atom. The molecule has 5 nitrogen and oxygen atoms in total. The van der Waals surface area contributed by atoms with Crippen molar-refractivity contribution in [1.29, 1.82) is 0 Å². The SMILES string of the molecule is CN(C)C(CNC(=O)c1cc(=O)c2ccc(Br)cc2o1)c1ccccc1.Cl. The van der Waals surface area contributed by atoms with Crippen LogP contribution in [0.3, 0.4) is 0 Å². The van der Waals surface area contributed by atoms with Crippen LogP contribution in [0.4, 0.5) is 0 Å². The molecule has 0 saturated carbocycles. The predicted molar refractivity (Wildman–Crippen MR) is 113 cm³/mol. The lowest BCUT2D eigenvalue weighted by Gasteiger charge is -2.25. The first-order valence-corrected chi connectivity index (χ1v) is 8.98. The quantitative estimate of drug-likeness (QED) is 0.637. The van der Waals surface area contributed by atoms with Gasteiger partial charge in [0.05, 0.1) is 11.4 Å². The third kappa shape index (κ3) is 4.97. The van der Waals surface area contributed by atoms with E-state index in [0.29, 0.717) is 17.5 Å². The highest BCUT2D eigenvalue weighted by Gasteiger charge is 2.17. The first-order chi connectivity index (χ1) is 12.5. The zero-order valence-electron chi connectivity index (χ0n) is 14.9. The van der Waals surface area contributed by atoms with Crippen LogP contribution in [-0.4, -0.2) is 31.4 Å². The van der Waals surface area contributed by atoms with Gasteiger partial charge in [-0.25, -0.2) is 0 Å². The average Bonchev–Trinajstić information content (AvgIpc) is 2.61. The summed E-state index contributed by atoms with van der Waals surface area (Å²) in [6.45, 7) is 0.399. The number of benzene rings is 2. The molecule has 2 aromatic carbocycles. The van der Waals surface area contributed by atoms with Crippen molar-refractivity contribution in [2.75, 3.05) is 20.6 Å². The fourth-order valence-corrected chi connectivity index (χ4v) is 3.13. The summed E-state index contributed by atoms with van der Waals surface area (Å²) < 4.78 is 6.41. The second kappa shape index (κ2) is 9.17. The molecule has 7 heteroatoms. The van der Waals surface area contributed by atoms with E-state index in [4.69, 9.17) is 4.42 Å². The second-order valence-electron chi connectivity index (χ2n) is 6.22. The summed E-state index contributed by atoms with van der Waals surface area (Å²) in [5, 5.41) is 3.31. The van der Waals surface area contributed by atoms with Gasteiger partial charge < -0.3 is 14.6 Å². The van der Waals surface area contributed by atoms with Gasteiger partial charge >= 0.3 is 0 Å². The van der Waals surface area contributed by atoms with Crippen molar-refractivity contribution in [2.45, 2.75) is 6.04 Å². The molecule has 0 aliphatic heterocycles. The molecule has 0 aliphatic carbocycles. The molecule has 1 aromatic heterocycles. The first-order valence-electron chi connectivity index (χ1n) is 8.18. The standard InChI is InChI=1S/C20H19BrN2O3.ClH/c1-23(2)16(13-6-4-3-5-7-13)12-22-20(25)19-11-17(24)15-9-8-14(21)10-18(15)26-19;/h3-11,16H,12H2,1-2H3,(H,22,25);1H. The van der Waals surface area contributed by atoms with E-state index in [1.165, 1.54) is 6.07 Å². The normalized spacial score (nSPS) is 11.9. The van der Waals surface area contributed by atoms with Gasteiger partial charge in [0.2, 0.25) is 0 Å². The minimum Gasteiger partial charge on any atom is -0.451 e. The Morgan fingerprint density at radius 1 is 1.15 bits per heavy atom. The second-order valence-corrected chi connectivity index (χ2v) is 7.13. The van der Waals surface area contributed by atoms with Gasteiger partial charge in [0, 0.05) is 17.1 Å². The van der Waals surface area contributed by atoms with Crippen molar-refractivity contribution in [1.82, 2.24) is 10.2 Å². The number of amides is 1. The summed E-state index contributed by atoms with van der Waals surface area (Å²) in [5.41, 5.74) is 1.24. The van der Waals surface area contributed by atoms with Crippen LogP contribution in [0.2, 0.25) is 0 Å². The number of nitrogens with one attached hydrogen (secondary N) is 1. The Balaban J connectivity index is 0.00000261. The minimum atomic E-state index is -0.410. The van der Waals surface area contributed by atoms with E-state index >= 15 is 0 Å². The number of likely N-dealkylation sites (N-methyl/N-ethyl adjacent to an activating group) is 1. The first kappa shape index (κ1) is 21.2. The van der Waals surface area contributed by atoms with E-state index in [0.717, 1.165) is 10.0 Å². The van der Waals surface area contributed by atoms with Crippen molar-refractivity contribution in [3.8, 4) is 0 Å². The zero-order chi connectivity index (χ0) is 18.7. The van der Waals surface area contributed by atoms with Crippen LogP contribution >= 0.6 is 28.3 Å². The van der Waals surface area contributed by atoms with Gasteiger partial charge in [0.1, 0.15) is 5.58 Å². The Hall–Kier alpha value is -2.15. The molecule has 1 atom stereocenters. The van der Waals surface area contributed by atoms with E-state index < -0.39 is 5.91 Å². The monoisotopic (exact) mass is 450 g/mol. The molecule has 142 valence electrons. The van der Waals surface area contributed by atoms with Crippen LogP contribution < -0.4 is 10.7 Å². The van der Waals surface area contributed by atoms with E-state index in [2.05, 4.69) is 21.2 Å². The molecule has 0 fully saturated rings. The summed E-state index contributed by atoms with van der Waals surface area (Å²) in [6.07, 6.45) is 0. The summed E-state index contributed by atoms with van der Waals surface area (Å²) in [6, 6.07) is 16.3. The van der Waals surface area contributed by atoms with Gasteiger partial charge in [0.15, 0.2) is 11.2 Å². The number of carbonyl (C=O) groups excluding carboxylic acids is 1. The van der Waals surface area contributed by atoms with Crippen molar-refractivity contribution < 1.29 is 9.21 Å². The lowest BCUT2D eigenvalue weighted by atomic mass is 10.1. The highest BCUT2D eigenvalue weighted by Crippen LogP contribution is 2.19. The molecular formula is C20H20BrClN2O3. The number of nitrogens with zero attached hydrogens (tertiary/aromatic N) is 1. The molecule has 0 bridgehead atoms. The van der Waals surface area contributed by atoms with E-state index in [1.54, 1.807) is 18.2 Å². The summed E-state index contributed by atoms with van der Waals surface area (Å²) in [4.78, 5) is 26.8. The predicted octanol–water partition coefficient (Wildman–Crippen LogP) is 4.01. The topological polar surface area (TPSA) is 62.6 Å². The number of rotatable bonds is 5. The Kier molecular flexibility index (Phi) is 7.18.